The summed E-state index contributed by atoms with van der Waals surface area (Å²) < 4.78 is 5.57. The molecule has 98 valence electrons. The molecule has 0 heterocycles. The first-order valence-corrected chi connectivity index (χ1v) is 7.08. The molecule has 2 aliphatic carbocycles. The van der Waals surface area contributed by atoms with Crippen LogP contribution in [0, 0.1) is 5.41 Å². The zero-order chi connectivity index (χ0) is 12.6. The Hall–Kier alpha value is -1.02. The molecule has 2 nitrogen and oxygen atoms in total. The average Bonchev–Trinajstić information content (AvgIpc) is 3.15. The number of hydrogen-bond donors (Lipinski definition) is 1. The normalized spacial score (nSPS) is 22.6. The molecule has 2 heteroatoms. The molecular formula is C16H23NO. The number of para-hydroxylation sites is 1. The Morgan fingerprint density at radius 3 is 2.56 bits per heavy atom. The summed E-state index contributed by atoms with van der Waals surface area (Å²) >= 11 is 0. The third-order valence-corrected chi connectivity index (χ3v) is 4.78. The van der Waals surface area contributed by atoms with E-state index >= 15 is 0 Å². The van der Waals surface area contributed by atoms with Crippen molar-refractivity contribution in [3.05, 3.63) is 29.8 Å². The van der Waals surface area contributed by atoms with Crippen LogP contribution >= 0.6 is 0 Å². The summed E-state index contributed by atoms with van der Waals surface area (Å²) in [7, 11) is 1.78. The third kappa shape index (κ3) is 1.83. The molecule has 1 aromatic rings. The fraction of sp³-hybridized carbons (Fsp3) is 0.625. The lowest BCUT2D eigenvalue weighted by molar-refractivity contribution is 0.114. The SMILES string of the molecule is CCNCC1(c2ccccc2OC)CC2(CC2)C1. The maximum absolute atomic E-state index is 5.57. The molecule has 0 bridgehead atoms. The van der Waals surface area contributed by atoms with E-state index in [1.165, 1.54) is 31.2 Å². The second-order valence-corrected chi connectivity index (χ2v) is 6.11. The molecule has 1 N–H and O–H groups in total. The molecule has 2 fully saturated rings. The van der Waals surface area contributed by atoms with Crippen LogP contribution in [0.2, 0.25) is 0 Å². The number of ether oxygens (including phenoxy) is 1. The zero-order valence-electron chi connectivity index (χ0n) is 11.5. The van der Waals surface area contributed by atoms with Crippen LogP contribution in [0.15, 0.2) is 24.3 Å². The van der Waals surface area contributed by atoms with Crippen molar-refractivity contribution in [2.45, 2.75) is 38.0 Å². The molecule has 3 rings (SSSR count). The third-order valence-electron chi connectivity index (χ3n) is 4.78. The van der Waals surface area contributed by atoms with Gasteiger partial charge >= 0.3 is 0 Å². The minimum atomic E-state index is 0.319. The van der Waals surface area contributed by atoms with Crippen LogP contribution in [-0.2, 0) is 5.41 Å². The van der Waals surface area contributed by atoms with Crippen LogP contribution in [0.1, 0.15) is 38.2 Å². The van der Waals surface area contributed by atoms with Gasteiger partial charge in [0.15, 0.2) is 0 Å². The maximum atomic E-state index is 5.57. The summed E-state index contributed by atoms with van der Waals surface area (Å²) in [6.07, 6.45) is 5.56. The molecule has 1 aromatic carbocycles. The first-order valence-electron chi connectivity index (χ1n) is 7.08. The van der Waals surface area contributed by atoms with Gasteiger partial charge in [0, 0.05) is 17.5 Å². The van der Waals surface area contributed by atoms with E-state index < -0.39 is 0 Å². The predicted molar refractivity (Wildman–Crippen MR) is 74.1 cm³/mol. The fourth-order valence-electron chi connectivity index (χ4n) is 3.77. The van der Waals surface area contributed by atoms with Gasteiger partial charge in [0.05, 0.1) is 7.11 Å². The molecule has 0 unspecified atom stereocenters. The van der Waals surface area contributed by atoms with Gasteiger partial charge in [-0.1, -0.05) is 25.1 Å². The fourth-order valence-corrected chi connectivity index (χ4v) is 3.77. The summed E-state index contributed by atoms with van der Waals surface area (Å²) in [4.78, 5) is 0. The quantitative estimate of drug-likeness (QED) is 0.860. The van der Waals surface area contributed by atoms with Crippen molar-refractivity contribution in [2.75, 3.05) is 20.2 Å². The van der Waals surface area contributed by atoms with Gasteiger partial charge in [-0.05, 0) is 43.7 Å². The molecule has 1 spiro atoms. The first-order chi connectivity index (χ1) is 8.74. The highest BCUT2D eigenvalue weighted by Gasteiger charge is 2.61. The zero-order valence-corrected chi connectivity index (χ0v) is 11.5. The molecule has 18 heavy (non-hydrogen) atoms. The van der Waals surface area contributed by atoms with Crippen molar-refractivity contribution in [3.8, 4) is 5.75 Å². The van der Waals surface area contributed by atoms with Crippen molar-refractivity contribution >= 4 is 0 Å². The van der Waals surface area contributed by atoms with Gasteiger partial charge in [0.25, 0.3) is 0 Å². The van der Waals surface area contributed by atoms with Crippen molar-refractivity contribution in [3.63, 3.8) is 0 Å². The van der Waals surface area contributed by atoms with Crippen LogP contribution in [0.4, 0.5) is 0 Å². The van der Waals surface area contributed by atoms with E-state index in [-0.39, 0.29) is 0 Å². The molecule has 0 amide bonds. The Kier molecular flexibility index (Phi) is 2.86. The molecule has 0 saturated heterocycles. The van der Waals surface area contributed by atoms with Crippen LogP contribution < -0.4 is 10.1 Å². The Morgan fingerprint density at radius 1 is 1.22 bits per heavy atom. The molecule has 0 radical (unpaired) electrons. The lowest BCUT2D eigenvalue weighted by Crippen LogP contribution is -2.49. The highest BCUT2D eigenvalue weighted by Crippen LogP contribution is 2.69. The minimum absolute atomic E-state index is 0.319. The van der Waals surface area contributed by atoms with Gasteiger partial charge in [-0.15, -0.1) is 0 Å². The van der Waals surface area contributed by atoms with Crippen molar-refractivity contribution in [2.24, 2.45) is 5.41 Å². The Bertz CT molecular complexity index is 428. The number of rotatable bonds is 5. The molecule has 0 atom stereocenters. The number of nitrogens with one attached hydrogen (secondary N) is 1. The number of hydrogen-bond acceptors (Lipinski definition) is 2. The van der Waals surface area contributed by atoms with Crippen molar-refractivity contribution in [1.82, 2.24) is 5.32 Å². The van der Waals surface area contributed by atoms with Gasteiger partial charge in [0.1, 0.15) is 5.75 Å². The summed E-state index contributed by atoms with van der Waals surface area (Å²) in [5, 5.41) is 3.55. The average molecular weight is 245 g/mol. The Labute approximate surface area is 110 Å². The van der Waals surface area contributed by atoms with Crippen molar-refractivity contribution in [1.29, 1.82) is 0 Å². The van der Waals surface area contributed by atoms with E-state index in [2.05, 4.69) is 36.5 Å². The van der Waals surface area contributed by atoms with E-state index in [9.17, 15) is 0 Å². The van der Waals surface area contributed by atoms with Crippen LogP contribution in [0.3, 0.4) is 0 Å². The smallest absolute Gasteiger partial charge is 0.122 e. The highest BCUT2D eigenvalue weighted by molar-refractivity contribution is 5.43. The topological polar surface area (TPSA) is 21.3 Å². The van der Waals surface area contributed by atoms with E-state index in [4.69, 9.17) is 4.74 Å². The Balaban J connectivity index is 1.88. The minimum Gasteiger partial charge on any atom is -0.496 e. The van der Waals surface area contributed by atoms with E-state index in [0.717, 1.165) is 18.8 Å². The highest BCUT2D eigenvalue weighted by atomic mass is 16.5. The number of methoxy groups -OCH3 is 1. The summed E-state index contributed by atoms with van der Waals surface area (Å²) in [5.74, 6) is 1.06. The van der Waals surface area contributed by atoms with Crippen LogP contribution in [-0.4, -0.2) is 20.2 Å². The molecule has 2 saturated carbocycles. The summed E-state index contributed by atoms with van der Waals surface area (Å²) in [6.45, 7) is 4.32. The number of likely N-dealkylation sites (N-methyl/N-ethyl adjacent to an activating group) is 1. The maximum Gasteiger partial charge on any atom is 0.122 e. The van der Waals surface area contributed by atoms with E-state index in [0.29, 0.717) is 10.8 Å². The standard InChI is InChI=1S/C16H23NO/c1-3-17-12-16(10-15(11-16)8-9-15)13-6-4-5-7-14(13)18-2/h4-7,17H,3,8-12H2,1-2H3. The van der Waals surface area contributed by atoms with Crippen molar-refractivity contribution < 1.29 is 4.74 Å². The van der Waals surface area contributed by atoms with Gasteiger partial charge in [-0.25, -0.2) is 0 Å². The van der Waals surface area contributed by atoms with Crippen LogP contribution in [0.5, 0.6) is 5.75 Å². The van der Waals surface area contributed by atoms with Crippen LogP contribution in [0.25, 0.3) is 0 Å². The lowest BCUT2D eigenvalue weighted by atomic mass is 9.56. The molecule has 2 aliphatic rings. The largest absolute Gasteiger partial charge is 0.496 e. The molecule has 0 aliphatic heterocycles. The molecule has 0 aromatic heterocycles. The lowest BCUT2D eigenvalue weighted by Gasteiger charge is -2.50. The van der Waals surface area contributed by atoms with Gasteiger partial charge in [0.2, 0.25) is 0 Å². The first kappa shape index (κ1) is 12.0. The van der Waals surface area contributed by atoms with Gasteiger partial charge in [-0.3, -0.25) is 0 Å². The van der Waals surface area contributed by atoms with E-state index in [1.54, 1.807) is 7.11 Å². The summed E-state index contributed by atoms with van der Waals surface area (Å²) in [6, 6.07) is 8.56. The second-order valence-electron chi connectivity index (χ2n) is 6.11. The summed E-state index contributed by atoms with van der Waals surface area (Å²) in [5.41, 5.74) is 2.43. The Morgan fingerprint density at radius 2 is 1.94 bits per heavy atom. The van der Waals surface area contributed by atoms with Gasteiger partial charge in [-0.2, -0.15) is 0 Å². The number of benzene rings is 1. The van der Waals surface area contributed by atoms with Gasteiger partial charge < -0.3 is 10.1 Å². The monoisotopic (exact) mass is 245 g/mol. The van der Waals surface area contributed by atoms with E-state index in [1.807, 2.05) is 0 Å². The molecular weight excluding hydrogens is 222 g/mol. The second kappa shape index (κ2) is 4.27. The predicted octanol–water partition coefficient (Wildman–Crippen LogP) is 3.12.